The summed E-state index contributed by atoms with van der Waals surface area (Å²) in [5.74, 6) is 0.373. The molecule has 110 valence electrons. The third kappa shape index (κ3) is 3.67. The molecule has 0 fully saturated rings. The Morgan fingerprint density at radius 3 is 2.71 bits per heavy atom. The number of aryl methyl sites for hydroxylation is 1. The molecule has 0 aliphatic heterocycles. The van der Waals surface area contributed by atoms with Crippen molar-refractivity contribution in [3.63, 3.8) is 0 Å². The highest BCUT2D eigenvalue weighted by Crippen LogP contribution is 2.28. The predicted molar refractivity (Wildman–Crippen MR) is 86.2 cm³/mol. The van der Waals surface area contributed by atoms with Gasteiger partial charge in [-0.2, -0.15) is 0 Å². The molecule has 0 heterocycles. The lowest BCUT2D eigenvalue weighted by Gasteiger charge is -2.10. The van der Waals surface area contributed by atoms with E-state index < -0.39 is 0 Å². The lowest BCUT2D eigenvalue weighted by molar-refractivity contribution is 0.102. The molecule has 0 saturated carbocycles. The molecule has 0 bridgehead atoms. The van der Waals surface area contributed by atoms with Gasteiger partial charge < -0.3 is 15.8 Å². The SMILES string of the molecule is CCOc1ccc(NC(=O)c2cc(N)ccc2C)cc1Cl. The lowest BCUT2D eigenvalue weighted by atomic mass is 10.1. The summed E-state index contributed by atoms with van der Waals surface area (Å²) in [4.78, 5) is 12.3. The number of anilines is 2. The first kappa shape index (κ1) is 15.2. The Bertz CT molecular complexity index is 671. The Morgan fingerprint density at radius 2 is 2.05 bits per heavy atom. The molecule has 1 amide bonds. The molecule has 0 aromatic heterocycles. The van der Waals surface area contributed by atoms with E-state index in [1.807, 2.05) is 19.9 Å². The molecule has 0 atom stereocenters. The van der Waals surface area contributed by atoms with Crippen molar-refractivity contribution in [2.24, 2.45) is 0 Å². The van der Waals surface area contributed by atoms with Crippen LogP contribution in [0.25, 0.3) is 0 Å². The molecule has 4 nitrogen and oxygen atoms in total. The van der Waals surface area contributed by atoms with Gasteiger partial charge in [0.15, 0.2) is 0 Å². The topological polar surface area (TPSA) is 64.3 Å². The molecule has 0 spiro atoms. The van der Waals surface area contributed by atoms with Gasteiger partial charge in [0, 0.05) is 16.9 Å². The van der Waals surface area contributed by atoms with Crippen LogP contribution in [-0.4, -0.2) is 12.5 Å². The van der Waals surface area contributed by atoms with Gasteiger partial charge >= 0.3 is 0 Å². The van der Waals surface area contributed by atoms with Crippen molar-refractivity contribution in [2.75, 3.05) is 17.7 Å². The number of benzene rings is 2. The highest BCUT2D eigenvalue weighted by Gasteiger charge is 2.11. The molecule has 0 unspecified atom stereocenters. The van der Waals surface area contributed by atoms with Gasteiger partial charge in [-0.05, 0) is 49.7 Å². The first-order chi connectivity index (χ1) is 10.0. The summed E-state index contributed by atoms with van der Waals surface area (Å²) in [7, 11) is 0. The highest BCUT2D eigenvalue weighted by atomic mass is 35.5. The van der Waals surface area contributed by atoms with Gasteiger partial charge in [0.2, 0.25) is 0 Å². The summed E-state index contributed by atoms with van der Waals surface area (Å²) >= 11 is 6.10. The molecule has 0 saturated heterocycles. The molecule has 0 radical (unpaired) electrons. The van der Waals surface area contributed by atoms with Crippen molar-refractivity contribution < 1.29 is 9.53 Å². The normalized spacial score (nSPS) is 10.2. The highest BCUT2D eigenvalue weighted by molar-refractivity contribution is 6.32. The van der Waals surface area contributed by atoms with Crippen molar-refractivity contribution in [2.45, 2.75) is 13.8 Å². The fraction of sp³-hybridized carbons (Fsp3) is 0.188. The number of carbonyl (C=O) groups excluding carboxylic acids is 1. The average Bonchev–Trinajstić information content (AvgIpc) is 2.44. The molecule has 5 heteroatoms. The summed E-state index contributed by atoms with van der Waals surface area (Å²) < 4.78 is 5.35. The molecule has 21 heavy (non-hydrogen) atoms. The summed E-state index contributed by atoms with van der Waals surface area (Å²) in [6.45, 7) is 4.28. The quantitative estimate of drug-likeness (QED) is 0.842. The third-order valence-corrected chi connectivity index (χ3v) is 3.29. The fourth-order valence-corrected chi connectivity index (χ4v) is 2.17. The predicted octanol–water partition coefficient (Wildman–Crippen LogP) is 3.88. The number of nitrogens with two attached hydrogens (primary N) is 1. The van der Waals surface area contributed by atoms with Crippen molar-refractivity contribution in [3.05, 3.63) is 52.5 Å². The average molecular weight is 305 g/mol. The Morgan fingerprint density at radius 1 is 1.29 bits per heavy atom. The molecule has 3 N–H and O–H groups in total. The van der Waals surface area contributed by atoms with E-state index in [0.717, 1.165) is 5.56 Å². The van der Waals surface area contributed by atoms with Crippen LogP contribution in [0.3, 0.4) is 0 Å². The van der Waals surface area contributed by atoms with Crippen molar-refractivity contribution in [1.29, 1.82) is 0 Å². The Hall–Kier alpha value is -2.20. The molecular weight excluding hydrogens is 288 g/mol. The van der Waals surface area contributed by atoms with Crippen LogP contribution in [0, 0.1) is 6.92 Å². The number of ether oxygens (including phenoxy) is 1. The summed E-state index contributed by atoms with van der Waals surface area (Å²) in [6.07, 6.45) is 0. The second-order valence-electron chi connectivity index (χ2n) is 4.61. The van der Waals surface area contributed by atoms with Gasteiger partial charge in [-0.1, -0.05) is 17.7 Å². The Kier molecular flexibility index (Phi) is 4.70. The molecule has 2 aromatic carbocycles. The van der Waals surface area contributed by atoms with Crippen LogP contribution in [0.4, 0.5) is 11.4 Å². The van der Waals surface area contributed by atoms with Crippen molar-refractivity contribution in [1.82, 2.24) is 0 Å². The minimum Gasteiger partial charge on any atom is -0.492 e. The van der Waals surface area contributed by atoms with Gasteiger partial charge in [-0.15, -0.1) is 0 Å². The zero-order valence-electron chi connectivity index (χ0n) is 11.9. The zero-order chi connectivity index (χ0) is 15.4. The minimum absolute atomic E-state index is 0.222. The maximum absolute atomic E-state index is 12.3. The van der Waals surface area contributed by atoms with Gasteiger partial charge in [0.05, 0.1) is 11.6 Å². The van der Waals surface area contributed by atoms with Gasteiger partial charge in [-0.25, -0.2) is 0 Å². The first-order valence-corrected chi connectivity index (χ1v) is 6.99. The van der Waals surface area contributed by atoms with Crippen LogP contribution in [0.1, 0.15) is 22.8 Å². The van der Waals surface area contributed by atoms with Crippen LogP contribution in [0.2, 0.25) is 5.02 Å². The van der Waals surface area contributed by atoms with E-state index in [9.17, 15) is 4.79 Å². The minimum atomic E-state index is -0.222. The standard InChI is InChI=1S/C16H17ClN2O2/c1-3-21-15-7-6-12(9-14(15)17)19-16(20)13-8-11(18)5-4-10(13)2/h4-9H,3,18H2,1-2H3,(H,19,20). The van der Waals surface area contributed by atoms with E-state index in [4.69, 9.17) is 22.1 Å². The number of nitrogen functional groups attached to an aromatic ring is 1. The van der Waals surface area contributed by atoms with E-state index in [1.54, 1.807) is 30.3 Å². The third-order valence-electron chi connectivity index (χ3n) is 3.00. The van der Waals surface area contributed by atoms with Crippen LogP contribution in [0.15, 0.2) is 36.4 Å². The first-order valence-electron chi connectivity index (χ1n) is 6.61. The number of amides is 1. The Balaban J connectivity index is 2.19. The van der Waals surface area contributed by atoms with Gasteiger partial charge in [0.1, 0.15) is 5.75 Å². The van der Waals surface area contributed by atoms with E-state index in [0.29, 0.717) is 34.3 Å². The van der Waals surface area contributed by atoms with Crippen molar-refractivity contribution >= 4 is 28.9 Å². The Labute approximate surface area is 128 Å². The van der Waals surface area contributed by atoms with E-state index in [1.165, 1.54) is 0 Å². The summed E-state index contributed by atoms with van der Waals surface area (Å²) in [5, 5.41) is 3.26. The number of rotatable bonds is 4. The number of hydrogen-bond acceptors (Lipinski definition) is 3. The largest absolute Gasteiger partial charge is 0.492 e. The van der Waals surface area contributed by atoms with Crippen LogP contribution < -0.4 is 15.8 Å². The second-order valence-corrected chi connectivity index (χ2v) is 5.01. The lowest BCUT2D eigenvalue weighted by Crippen LogP contribution is -2.13. The van der Waals surface area contributed by atoms with Crippen LogP contribution in [0.5, 0.6) is 5.75 Å². The van der Waals surface area contributed by atoms with E-state index >= 15 is 0 Å². The van der Waals surface area contributed by atoms with Gasteiger partial charge in [-0.3, -0.25) is 4.79 Å². The maximum Gasteiger partial charge on any atom is 0.256 e. The van der Waals surface area contributed by atoms with Crippen molar-refractivity contribution in [3.8, 4) is 5.75 Å². The number of carbonyl (C=O) groups is 1. The molecule has 0 aliphatic carbocycles. The van der Waals surface area contributed by atoms with E-state index in [-0.39, 0.29) is 5.91 Å². The van der Waals surface area contributed by atoms with Crippen LogP contribution >= 0.6 is 11.6 Å². The number of halogens is 1. The van der Waals surface area contributed by atoms with Gasteiger partial charge in [0.25, 0.3) is 5.91 Å². The summed E-state index contributed by atoms with van der Waals surface area (Å²) in [5.41, 5.74) is 8.28. The smallest absolute Gasteiger partial charge is 0.256 e. The monoisotopic (exact) mass is 304 g/mol. The molecule has 0 aliphatic rings. The van der Waals surface area contributed by atoms with Crippen LogP contribution in [-0.2, 0) is 0 Å². The second kappa shape index (κ2) is 6.50. The molecular formula is C16H17ClN2O2. The molecule has 2 aromatic rings. The van der Waals surface area contributed by atoms with E-state index in [2.05, 4.69) is 5.32 Å². The number of nitrogens with one attached hydrogen (secondary N) is 1. The molecule has 2 rings (SSSR count). The summed E-state index contributed by atoms with van der Waals surface area (Å²) in [6, 6.07) is 10.4. The zero-order valence-corrected chi connectivity index (χ0v) is 12.7. The number of hydrogen-bond donors (Lipinski definition) is 2. The fourth-order valence-electron chi connectivity index (χ4n) is 1.93. The maximum atomic E-state index is 12.3.